The lowest BCUT2D eigenvalue weighted by Crippen LogP contribution is -2.46. The van der Waals surface area contributed by atoms with Crippen molar-refractivity contribution in [1.29, 1.82) is 0 Å². The number of likely N-dealkylation sites (tertiary alicyclic amines) is 1. The zero-order valence-electron chi connectivity index (χ0n) is 10.5. The molecule has 1 fully saturated rings. The summed E-state index contributed by atoms with van der Waals surface area (Å²) in [5.41, 5.74) is 2.42. The molecule has 1 aromatic carbocycles. The van der Waals surface area contributed by atoms with Gasteiger partial charge in [-0.15, -0.1) is 0 Å². The third-order valence-corrected chi connectivity index (χ3v) is 3.47. The Hall–Kier alpha value is -1.39. The molecule has 0 amide bonds. The first-order chi connectivity index (χ1) is 8.56. The van der Waals surface area contributed by atoms with Crippen LogP contribution in [0.4, 0.5) is 0 Å². The maximum atomic E-state index is 10.9. The topological polar surface area (TPSA) is 60.8 Å². The van der Waals surface area contributed by atoms with E-state index in [9.17, 15) is 9.90 Å². The summed E-state index contributed by atoms with van der Waals surface area (Å²) in [4.78, 5) is 13.0. The van der Waals surface area contributed by atoms with E-state index in [1.165, 1.54) is 11.1 Å². The molecule has 0 aliphatic carbocycles. The number of nitrogens with zero attached hydrogens (tertiary/aromatic N) is 1. The van der Waals surface area contributed by atoms with E-state index >= 15 is 0 Å². The molecule has 1 aliphatic heterocycles. The van der Waals surface area contributed by atoms with Crippen molar-refractivity contribution in [3.63, 3.8) is 0 Å². The Balaban J connectivity index is 1.95. The average Bonchev–Trinajstić information content (AvgIpc) is 2.28. The van der Waals surface area contributed by atoms with E-state index < -0.39 is 18.0 Å². The number of carboxylic acids is 1. The normalized spacial score (nSPS) is 25.0. The van der Waals surface area contributed by atoms with E-state index in [1.807, 2.05) is 6.07 Å². The van der Waals surface area contributed by atoms with Crippen molar-refractivity contribution in [2.45, 2.75) is 26.0 Å². The van der Waals surface area contributed by atoms with Crippen LogP contribution in [0.5, 0.6) is 0 Å². The standard InChI is InChI=1S/C14H19NO3/c1-10-3-2-4-11(7-10)8-15-6-5-12(14(17)18)13(16)9-15/h2-4,7,12-13,16H,5-6,8-9H2,1H3,(H,17,18)/t12-,13+/m0/s1. The molecule has 2 atom stereocenters. The quantitative estimate of drug-likeness (QED) is 0.846. The Morgan fingerprint density at radius 2 is 2.28 bits per heavy atom. The fourth-order valence-corrected chi connectivity index (χ4v) is 2.50. The smallest absolute Gasteiger partial charge is 0.309 e. The van der Waals surface area contributed by atoms with Crippen molar-refractivity contribution < 1.29 is 15.0 Å². The number of benzene rings is 1. The Labute approximate surface area is 107 Å². The van der Waals surface area contributed by atoms with E-state index in [0.717, 1.165) is 13.1 Å². The van der Waals surface area contributed by atoms with Gasteiger partial charge in [0.2, 0.25) is 0 Å². The molecule has 1 aliphatic rings. The molecular formula is C14H19NO3. The number of rotatable bonds is 3. The predicted molar refractivity (Wildman–Crippen MR) is 68.2 cm³/mol. The number of β-amino-alcohol motifs (C(OH)–C–C–N with tert-alkyl or cyclic N) is 1. The van der Waals surface area contributed by atoms with Crippen LogP contribution in [0.1, 0.15) is 17.5 Å². The molecular weight excluding hydrogens is 230 g/mol. The first kappa shape index (κ1) is 13.1. The number of hydrogen-bond acceptors (Lipinski definition) is 3. The van der Waals surface area contributed by atoms with E-state index in [-0.39, 0.29) is 0 Å². The maximum Gasteiger partial charge on any atom is 0.309 e. The molecule has 0 unspecified atom stereocenters. The van der Waals surface area contributed by atoms with E-state index in [0.29, 0.717) is 13.0 Å². The minimum Gasteiger partial charge on any atom is -0.481 e. The Bertz CT molecular complexity index is 433. The van der Waals surface area contributed by atoms with Crippen LogP contribution in [0.15, 0.2) is 24.3 Å². The zero-order valence-corrected chi connectivity index (χ0v) is 10.5. The summed E-state index contributed by atoms with van der Waals surface area (Å²) < 4.78 is 0. The van der Waals surface area contributed by atoms with Crippen molar-refractivity contribution in [2.24, 2.45) is 5.92 Å². The van der Waals surface area contributed by atoms with Crippen LogP contribution in [-0.4, -0.2) is 40.3 Å². The van der Waals surface area contributed by atoms with E-state index in [1.54, 1.807) is 0 Å². The highest BCUT2D eigenvalue weighted by Crippen LogP contribution is 2.20. The van der Waals surface area contributed by atoms with Gasteiger partial charge in [-0.2, -0.15) is 0 Å². The van der Waals surface area contributed by atoms with Gasteiger partial charge < -0.3 is 10.2 Å². The first-order valence-corrected chi connectivity index (χ1v) is 6.25. The first-order valence-electron chi connectivity index (χ1n) is 6.25. The molecule has 0 saturated carbocycles. The van der Waals surface area contributed by atoms with Gasteiger partial charge in [-0.25, -0.2) is 0 Å². The van der Waals surface area contributed by atoms with Crippen LogP contribution in [-0.2, 0) is 11.3 Å². The van der Waals surface area contributed by atoms with Gasteiger partial charge in [0.25, 0.3) is 0 Å². The highest BCUT2D eigenvalue weighted by molar-refractivity contribution is 5.70. The summed E-state index contributed by atoms with van der Waals surface area (Å²) in [7, 11) is 0. The van der Waals surface area contributed by atoms with Gasteiger partial charge in [-0.1, -0.05) is 29.8 Å². The zero-order chi connectivity index (χ0) is 13.1. The average molecular weight is 249 g/mol. The molecule has 2 N–H and O–H groups in total. The largest absolute Gasteiger partial charge is 0.481 e. The van der Waals surface area contributed by atoms with Crippen LogP contribution in [0.3, 0.4) is 0 Å². The molecule has 98 valence electrons. The van der Waals surface area contributed by atoms with Gasteiger partial charge in [0.05, 0.1) is 12.0 Å². The van der Waals surface area contributed by atoms with Gasteiger partial charge in [-0.3, -0.25) is 9.69 Å². The molecule has 0 aromatic heterocycles. The van der Waals surface area contributed by atoms with Crippen LogP contribution in [0, 0.1) is 12.8 Å². The van der Waals surface area contributed by atoms with Crippen molar-refractivity contribution in [1.82, 2.24) is 4.90 Å². The minimum atomic E-state index is -0.891. The molecule has 0 bridgehead atoms. The molecule has 0 spiro atoms. The van der Waals surface area contributed by atoms with E-state index in [4.69, 9.17) is 5.11 Å². The Morgan fingerprint density at radius 1 is 1.50 bits per heavy atom. The van der Waals surface area contributed by atoms with Gasteiger partial charge in [0, 0.05) is 13.1 Å². The highest BCUT2D eigenvalue weighted by Gasteiger charge is 2.32. The second kappa shape index (κ2) is 5.50. The number of carboxylic acid groups (broad SMARTS) is 1. The molecule has 1 heterocycles. The van der Waals surface area contributed by atoms with E-state index in [2.05, 4.69) is 30.0 Å². The third-order valence-electron chi connectivity index (χ3n) is 3.47. The second-order valence-corrected chi connectivity index (χ2v) is 5.02. The summed E-state index contributed by atoms with van der Waals surface area (Å²) in [6.07, 6.45) is -0.247. The molecule has 4 nitrogen and oxygen atoms in total. The van der Waals surface area contributed by atoms with Crippen LogP contribution < -0.4 is 0 Å². The number of aliphatic hydroxyl groups is 1. The second-order valence-electron chi connectivity index (χ2n) is 5.02. The summed E-state index contributed by atoms with van der Waals surface area (Å²) in [5.74, 6) is -1.50. The number of piperidine rings is 1. The fraction of sp³-hybridized carbons (Fsp3) is 0.500. The van der Waals surface area contributed by atoms with Crippen molar-refractivity contribution in [3.05, 3.63) is 35.4 Å². The summed E-state index contributed by atoms with van der Waals surface area (Å²) in [6.45, 7) is 3.98. The van der Waals surface area contributed by atoms with Crippen molar-refractivity contribution in [3.8, 4) is 0 Å². The minimum absolute atomic E-state index is 0.435. The van der Waals surface area contributed by atoms with Gasteiger partial charge in [0.1, 0.15) is 0 Å². The molecule has 1 saturated heterocycles. The lowest BCUT2D eigenvalue weighted by Gasteiger charge is -2.33. The van der Waals surface area contributed by atoms with Crippen LogP contribution in [0.25, 0.3) is 0 Å². The summed E-state index contributed by atoms with van der Waals surface area (Å²) in [5, 5.41) is 18.8. The molecule has 0 radical (unpaired) electrons. The highest BCUT2D eigenvalue weighted by atomic mass is 16.4. The number of aliphatic carboxylic acids is 1. The summed E-state index contributed by atoms with van der Waals surface area (Å²) in [6, 6.07) is 8.25. The van der Waals surface area contributed by atoms with Crippen molar-refractivity contribution >= 4 is 5.97 Å². The Morgan fingerprint density at radius 3 is 2.89 bits per heavy atom. The monoisotopic (exact) mass is 249 g/mol. The van der Waals surface area contributed by atoms with Crippen LogP contribution in [0.2, 0.25) is 0 Å². The number of aryl methyl sites for hydroxylation is 1. The van der Waals surface area contributed by atoms with Gasteiger partial charge in [0.15, 0.2) is 0 Å². The lowest BCUT2D eigenvalue weighted by molar-refractivity contribution is -0.148. The van der Waals surface area contributed by atoms with Gasteiger partial charge >= 0.3 is 5.97 Å². The lowest BCUT2D eigenvalue weighted by atomic mass is 9.94. The van der Waals surface area contributed by atoms with Crippen molar-refractivity contribution in [2.75, 3.05) is 13.1 Å². The molecule has 2 rings (SSSR count). The molecule has 1 aromatic rings. The van der Waals surface area contributed by atoms with Gasteiger partial charge in [-0.05, 0) is 25.5 Å². The Kier molecular flexibility index (Phi) is 3.99. The number of carbonyl (C=O) groups is 1. The fourth-order valence-electron chi connectivity index (χ4n) is 2.50. The number of aliphatic hydroxyl groups excluding tert-OH is 1. The maximum absolute atomic E-state index is 10.9. The summed E-state index contributed by atoms with van der Waals surface area (Å²) >= 11 is 0. The van der Waals surface area contributed by atoms with Crippen LogP contribution >= 0.6 is 0 Å². The number of hydrogen-bond donors (Lipinski definition) is 2. The predicted octanol–water partition coefficient (Wildman–Crippen LogP) is 1.26. The molecule has 4 heteroatoms. The SMILES string of the molecule is Cc1cccc(CN2CC[C@H](C(=O)O)[C@H](O)C2)c1. The third kappa shape index (κ3) is 3.09. The molecule has 18 heavy (non-hydrogen) atoms.